The number of rotatable bonds is 6. The van der Waals surface area contributed by atoms with Gasteiger partial charge in [-0.15, -0.1) is 0 Å². The van der Waals surface area contributed by atoms with E-state index < -0.39 is 0 Å². The van der Waals surface area contributed by atoms with Gasteiger partial charge in [-0.1, -0.05) is 60.1 Å². The van der Waals surface area contributed by atoms with E-state index >= 15 is 0 Å². The van der Waals surface area contributed by atoms with Crippen molar-refractivity contribution in [2.75, 3.05) is 20.2 Å². The molecule has 5 heteroatoms. The maximum absolute atomic E-state index is 14.4. The standard InChI is InChI=1S/C25H26ClFN2O/c1-30-22-11-6-10-19(16-22)25-28(17-20-8-2-4-12-23(20)26)14-7-15-29(25)18-21-9-3-5-13-24(21)27/h2-6,8-13,16,25H,7,14-15,17-18H2,1H3. The van der Waals surface area contributed by atoms with Gasteiger partial charge in [-0.2, -0.15) is 0 Å². The maximum atomic E-state index is 14.4. The summed E-state index contributed by atoms with van der Waals surface area (Å²) in [5.74, 6) is 0.659. The van der Waals surface area contributed by atoms with Crippen molar-refractivity contribution in [1.82, 2.24) is 9.80 Å². The molecule has 1 aliphatic rings. The number of hydrogen-bond donors (Lipinski definition) is 0. The summed E-state index contributed by atoms with van der Waals surface area (Å²) in [7, 11) is 1.68. The van der Waals surface area contributed by atoms with E-state index in [9.17, 15) is 4.39 Å². The molecule has 0 aliphatic carbocycles. The summed E-state index contributed by atoms with van der Waals surface area (Å²) in [6.45, 7) is 3.12. The first kappa shape index (κ1) is 20.9. The number of benzene rings is 3. The summed E-state index contributed by atoms with van der Waals surface area (Å²) in [6.07, 6.45) is 1.02. The second-order valence-electron chi connectivity index (χ2n) is 7.63. The third-order valence-electron chi connectivity index (χ3n) is 5.64. The summed E-state index contributed by atoms with van der Waals surface area (Å²) in [4.78, 5) is 4.76. The maximum Gasteiger partial charge on any atom is 0.127 e. The Morgan fingerprint density at radius 1 is 0.900 bits per heavy atom. The molecular formula is C25H26ClFN2O. The molecule has 1 heterocycles. The van der Waals surface area contributed by atoms with Crippen molar-refractivity contribution in [3.8, 4) is 5.75 Å². The van der Waals surface area contributed by atoms with E-state index in [2.05, 4.69) is 28.0 Å². The van der Waals surface area contributed by atoms with Crippen molar-refractivity contribution < 1.29 is 9.13 Å². The Labute approximate surface area is 182 Å². The van der Waals surface area contributed by atoms with E-state index in [1.807, 2.05) is 42.5 Å². The van der Waals surface area contributed by atoms with E-state index in [-0.39, 0.29) is 12.0 Å². The molecule has 4 rings (SSSR count). The van der Waals surface area contributed by atoms with Crippen LogP contribution in [0.5, 0.6) is 5.75 Å². The van der Waals surface area contributed by atoms with Crippen molar-refractivity contribution in [3.63, 3.8) is 0 Å². The van der Waals surface area contributed by atoms with Gasteiger partial charge in [0.25, 0.3) is 0 Å². The number of methoxy groups -OCH3 is 1. The molecule has 3 nitrogen and oxygen atoms in total. The fraction of sp³-hybridized carbons (Fsp3) is 0.280. The first-order valence-electron chi connectivity index (χ1n) is 10.2. The number of hydrogen-bond acceptors (Lipinski definition) is 3. The molecule has 1 unspecified atom stereocenters. The SMILES string of the molecule is COc1cccc(C2N(Cc3ccccc3F)CCCN2Cc2ccccc2Cl)c1. The average molecular weight is 425 g/mol. The number of nitrogens with zero attached hydrogens (tertiary/aromatic N) is 2. The van der Waals surface area contributed by atoms with Crippen molar-refractivity contribution in [2.24, 2.45) is 0 Å². The van der Waals surface area contributed by atoms with Gasteiger partial charge in [0, 0.05) is 36.8 Å². The molecule has 1 saturated heterocycles. The van der Waals surface area contributed by atoms with E-state index in [1.54, 1.807) is 13.2 Å². The molecule has 0 amide bonds. The number of ether oxygens (including phenoxy) is 1. The Balaban J connectivity index is 1.69. The molecule has 0 spiro atoms. The van der Waals surface area contributed by atoms with Crippen molar-refractivity contribution in [3.05, 3.63) is 100 Å². The number of halogens is 2. The van der Waals surface area contributed by atoms with Crippen LogP contribution in [0.25, 0.3) is 0 Å². The Hall–Kier alpha value is -2.40. The second-order valence-corrected chi connectivity index (χ2v) is 8.03. The molecular weight excluding hydrogens is 399 g/mol. The minimum atomic E-state index is -0.162. The van der Waals surface area contributed by atoms with Gasteiger partial charge in [0.2, 0.25) is 0 Å². The summed E-state index contributed by atoms with van der Waals surface area (Å²) in [5, 5.41) is 0.771. The monoisotopic (exact) mass is 424 g/mol. The highest BCUT2D eigenvalue weighted by atomic mass is 35.5. The molecule has 0 aromatic heterocycles. The summed E-state index contributed by atoms with van der Waals surface area (Å²) in [6, 6.07) is 23.1. The molecule has 1 aliphatic heterocycles. The lowest BCUT2D eigenvalue weighted by Gasteiger charge is -2.44. The molecule has 3 aromatic carbocycles. The fourth-order valence-electron chi connectivity index (χ4n) is 4.20. The topological polar surface area (TPSA) is 15.7 Å². The molecule has 0 radical (unpaired) electrons. The molecule has 1 atom stereocenters. The first-order chi connectivity index (χ1) is 14.7. The molecule has 0 saturated carbocycles. The quantitative estimate of drug-likeness (QED) is 0.490. The van der Waals surface area contributed by atoms with Crippen molar-refractivity contribution >= 4 is 11.6 Å². The Morgan fingerprint density at radius 3 is 2.27 bits per heavy atom. The summed E-state index contributed by atoms with van der Waals surface area (Å²) < 4.78 is 19.9. The van der Waals surface area contributed by atoms with Crippen LogP contribution in [0.2, 0.25) is 5.02 Å². The minimum Gasteiger partial charge on any atom is -0.497 e. The largest absolute Gasteiger partial charge is 0.497 e. The van der Waals surface area contributed by atoms with Gasteiger partial charge in [0.15, 0.2) is 0 Å². The zero-order chi connectivity index (χ0) is 20.9. The second kappa shape index (κ2) is 9.61. The highest BCUT2D eigenvalue weighted by molar-refractivity contribution is 6.31. The minimum absolute atomic E-state index is 0.00438. The van der Waals surface area contributed by atoms with Gasteiger partial charge in [0.1, 0.15) is 11.6 Å². The predicted octanol–water partition coefficient (Wildman–Crippen LogP) is 5.89. The van der Waals surface area contributed by atoms with Crippen LogP contribution in [0.15, 0.2) is 72.8 Å². The van der Waals surface area contributed by atoms with Gasteiger partial charge in [-0.05, 0) is 41.8 Å². The Bertz CT molecular complexity index is 941. The van der Waals surface area contributed by atoms with Crippen LogP contribution in [0.4, 0.5) is 4.39 Å². The highest BCUT2D eigenvalue weighted by Crippen LogP contribution is 2.34. The van der Waals surface area contributed by atoms with Crippen LogP contribution in [-0.4, -0.2) is 30.0 Å². The normalized spacial score (nSPS) is 17.8. The van der Waals surface area contributed by atoms with Crippen LogP contribution in [0.1, 0.15) is 29.3 Å². The zero-order valence-electron chi connectivity index (χ0n) is 17.1. The fourth-order valence-corrected chi connectivity index (χ4v) is 4.39. The molecule has 1 fully saturated rings. The van der Waals surface area contributed by atoms with Gasteiger partial charge in [-0.25, -0.2) is 4.39 Å². The van der Waals surface area contributed by atoms with Gasteiger partial charge in [0.05, 0.1) is 13.3 Å². The lowest BCUT2D eigenvalue weighted by molar-refractivity contribution is -0.00971. The molecule has 0 N–H and O–H groups in total. The zero-order valence-corrected chi connectivity index (χ0v) is 17.9. The van der Waals surface area contributed by atoms with Crippen LogP contribution < -0.4 is 4.74 Å². The van der Waals surface area contributed by atoms with Crippen LogP contribution in [0, 0.1) is 5.82 Å². The van der Waals surface area contributed by atoms with Crippen LogP contribution >= 0.6 is 11.6 Å². The smallest absolute Gasteiger partial charge is 0.127 e. The van der Waals surface area contributed by atoms with Crippen LogP contribution in [-0.2, 0) is 13.1 Å². The molecule has 0 bridgehead atoms. The van der Waals surface area contributed by atoms with Crippen molar-refractivity contribution in [1.29, 1.82) is 0 Å². The first-order valence-corrected chi connectivity index (χ1v) is 10.6. The average Bonchev–Trinajstić information content (AvgIpc) is 2.77. The molecule has 156 valence electrons. The van der Waals surface area contributed by atoms with Gasteiger partial charge in [-0.3, -0.25) is 9.80 Å². The molecule has 3 aromatic rings. The summed E-state index contributed by atoms with van der Waals surface area (Å²) >= 11 is 6.46. The van der Waals surface area contributed by atoms with E-state index in [0.29, 0.717) is 12.1 Å². The van der Waals surface area contributed by atoms with E-state index in [4.69, 9.17) is 16.3 Å². The predicted molar refractivity (Wildman–Crippen MR) is 119 cm³/mol. The van der Waals surface area contributed by atoms with Gasteiger partial charge >= 0.3 is 0 Å². The van der Waals surface area contributed by atoms with E-state index in [1.165, 1.54) is 6.07 Å². The van der Waals surface area contributed by atoms with E-state index in [0.717, 1.165) is 48.0 Å². The Morgan fingerprint density at radius 2 is 1.57 bits per heavy atom. The molecule has 30 heavy (non-hydrogen) atoms. The van der Waals surface area contributed by atoms with Crippen molar-refractivity contribution in [2.45, 2.75) is 25.7 Å². The summed E-state index contributed by atoms with van der Waals surface area (Å²) in [5.41, 5.74) is 2.95. The Kier molecular flexibility index (Phi) is 6.68. The lowest BCUT2D eigenvalue weighted by atomic mass is 10.0. The highest BCUT2D eigenvalue weighted by Gasteiger charge is 2.31. The third kappa shape index (κ3) is 4.67. The lowest BCUT2D eigenvalue weighted by Crippen LogP contribution is -2.47. The van der Waals surface area contributed by atoms with Gasteiger partial charge < -0.3 is 4.74 Å². The van der Waals surface area contributed by atoms with Crippen LogP contribution in [0.3, 0.4) is 0 Å². The third-order valence-corrected chi connectivity index (χ3v) is 6.01.